The average Bonchev–Trinajstić information content (AvgIpc) is 3.03. The first kappa shape index (κ1) is 19.1. The fourth-order valence-electron chi connectivity index (χ4n) is 3.39. The van der Waals surface area contributed by atoms with Gasteiger partial charge in [0.2, 0.25) is 0 Å². The number of benzene rings is 1. The topological polar surface area (TPSA) is 53.6 Å². The van der Waals surface area contributed by atoms with Crippen LogP contribution in [0.25, 0.3) is 10.1 Å². The molecule has 3 rings (SSSR count). The Kier molecular flexibility index (Phi) is 6.88. The van der Waals surface area contributed by atoms with Gasteiger partial charge in [-0.3, -0.25) is 4.90 Å². The summed E-state index contributed by atoms with van der Waals surface area (Å²) in [5.41, 5.74) is 1.30. The maximum atomic E-state index is 12.0. The normalized spacial score (nSPS) is 18.3. The molecule has 5 nitrogen and oxygen atoms in total. The van der Waals surface area contributed by atoms with Gasteiger partial charge >= 0.3 is 6.03 Å². The highest BCUT2D eigenvalue weighted by Gasteiger charge is 2.21. The summed E-state index contributed by atoms with van der Waals surface area (Å²) in [6, 6.07) is 8.28. The van der Waals surface area contributed by atoms with Gasteiger partial charge in [-0.15, -0.1) is 11.3 Å². The Bertz CT molecular complexity index is 716. The van der Waals surface area contributed by atoms with E-state index in [1.807, 2.05) is 0 Å². The molecule has 1 atom stereocenters. The average molecular weight is 376 g/mol. The SMILES string of the molecule is CC(C)CN1CCOC(CNC(=O)NCCc2csc3ccccc23)C1. The van der Waals surface area contributed by atoms with Gasteiger partial charge in [-0.25, -0.2) is 4.79 Å². The van der Waals surface area contributed by atoms with Crippen LogP contribution in [0.5, 0.6) is 0 Å². The van der Waals surface area contributed by atoms with E-state index in [1.165, 1.54) is 15.6 Å². The minimum atomic E-state index is -0.117. The number of ether oxygens (including phenoxy) is 1. The number of morpholine rings is 1. The number of hydrogen-bond acceptors (Lipinski definition) is 4. The zero-order valence-corrected chi connectivity index (χ0v) is 16.5. The number of carbonyl (C=O) groups excluding carboxylic acids is 1. The lowest BCUT2D eigenvalue weighted by atomic mass is 10.1. The Morgan fingerprint density at radius 1 is 1.35 bits per heavy atom. The number of rotatable bonds is 7. The zero-order chi connectivity index (χ0) is 18.4. The lowest BCUT2D eigenvalue weighted by molar-refractivity contribution is -0.0290. The molecule has 26 heavy (non-hydrogen) atoms. The molecule has 2 heterocycles. The van der Waals surface area contributed by atoms with Crippen molar-refractivity contribution in [3.63, 3.8) is 0 Å². The second-order valence-electron chi connectivity index (χ2n) is 7.29. The number of nitrogens with one attached hydrogen (secondary N) is 2. The van der Waals surface area contributed by atoms with Crippen LogP contribution in [0.2, 0.25) is 0 Å². The van der Waals surface area contributed by atoms with Crippen molar-refractivity contribution in [1.29, 1.82) is 0 Å². The van der Waals surface area contributed by atoms with E-state index < -0.39 is 0 Å². The predicted octanol–water partition coefficient (Wildman–Crippen LogP) is 3.10. The van der Waals surface area contributed by atoms with Crippen LogP contribution in [0.3, 0.4) is 0 Å². The minimum absolute atomic E-state index is 0.0778. The highest BCUT2D eigenvalue weighted by atomic mass is 32.1. The second kappa shape index (κ2) is 9.35. The van der Waals surface area contributed by atoms with Gasteiger partial charge in [-0.05, 0) is 34.7 Å². The Morgan fingerprint density at radius 3 is 3.04 bits per heavy atom. The van der Waals surface area contributed by atoms with Gasteiger partial charge < -0.3 is 15.4 Å². The zero-order valence-electron chi connectivity index (χ0n) is 15.7. The lowest BCUT2D eigenvalue weighted by Crippen LogP contribution is -2.49. The smallest absolute Gasteiger partial charge is 0.314 e. The van der Waals surface area contributed by atoms with Crippen LogP contribution >= 0.6 is 11.3 Å². The number of urea groups is 1. The largest absolute Gasteiger partial charge is 0.374 e. The van der Waals surface area contributed by atoms with Crippen molar-refractivity contribution in [3.8, 4) is 0 Å². The highest BCUT2D eigenvalue weighted by Crippen LogP contribution is 2.25. The lowest BCUT2D eigenvalue weighted by Gasteiger charge is -2.33. The fourth-order valence-corrected chi connectivity index (χ4v) is 4.39. The summed E-state index contributed by atoms with van der Waals surface area (Å²) in [5, 5.41) is 9.37. The van der Waals surface area contributed by atoms with Gasteiger partial charge in [0.05, 0.1) is 12.7 Å². The Balaban J connectivity index is 1.36. The monoisotopic (exact) mass is 375 g/mol. The first-order valence-corrected chi connectivity index (χ1v) is 10.3. The molecule has 1 saturated heterocycles. The van der Waals surface area contributed by atoms with E-state index in [1.54, 1.807) is 11.3 Å². The fraction of sp³-hybridized carbons (Fsp3) is 0.550. The van der Waals surface area contributed by atoms with Crippen LogP contribution in [-0.2, 0) is 11.2 Å². The number of nitrogens with zero attached hydrogens (tertiary/aromatic N) is 1. The van der Waals surface area contributed by atoms with Gasteiger partial charge in [0, 0.05) is 37.4 Å². The van der Waals surface area contributed by atoms with E-state index >= 15 is 0 Å². The molecule has 0 spiro atoms. The van der Waals surface area contributed by atoms with Crippen molar-refractivity contribution in [2.75, 3.05) is 39.3 Å². The molecule has 0 saturated carbocycles. The van der Waals surface area contributed by atoms with Gasteiger partial charge in [0.1, 0.15) is 0 Å². The van der Waals surface area contributed by atoms with Crippen LogP contribution in [0.4, 0.5) is 4.79 Å². The van der Waals surface area contributed by atoms with Crippen LogP contribution < -0.4 is 10.6 Å². The Labute approximate surface area is 159 Å². The maximum absolute atomic E-state index is 12.0. The summed E-state index contributed by atoms with van der Waals surface area (Å²) < 4.78 is 7.07. The van der Waals surface area contributed by atoms with E-state index in [0.29, 0.717) is 19.0 Å². The Morgan fingerprint density at radius 2 is 2.19 bits per heavy atom. The molecule has 1 aliphatic rings. The van der Waals surface area contributed by atoms with Crippen molar-refractivity contribution in [2.24, 2.45) is 5.92 Å². The van der Waals surface area contributed by atoms with Crippen molar-refractivity contribution >= 4 is 27.5 Å². The van der Waals surface area contributed by atoms with E-state index in [4.69, 9.17) is 4.74 Å². The number of thiophene rings is 1. The predicted molar refractivity (Wildman–Crippen MR) is 108 cm³/mol. The van der Waals surface area contributed by atoms with Gasteiger partial charge in [0.25, 0.3) is 0 Å². The molecule has 1 aromatic heterocycles. The quantitative estimate of drug-likeness (QED) is 0.782. The third-order valence-electron chi connectivity index (χ3n) is 4.58. The molecule has 6 heteroatoms. The van der Waals surface area contributed by atoms with E-state index in [2.05, 4.69) is 59.0 Å². The maximum Gasteiger partial charge on any atom is 0.314 e. The number of amides is 2. The number of carbonyl (C=O) groups is 1. The molecule has 142 valence electrons. The van der Waals surface area contributed by atoms with Gasteiger partial charge in [-0.1, -0.05) is 32.0 Å². The molecular formula is C20H29N3O2S. The van der Waals surface area contributed by atoms with Crippen molar-refractivity contribution in [1.82, 2.24) is 15.5 Å². The van der Waals surface area contributed by atoms with Gasteiger partial charge in [-0.2, -0.15) is 0 Å². The standard InChI is InChI=1S/C20H29N3O2S/c1-15(2)12-23-9-10-25-17(13-23)11-22-20(24)21-8-7-16-14-26-19-6-4-3-5-18(16)19/h3-6,14-15,17H,7-13H2,1-2H3,(H2,21,22,24). The summed E-state index contributed by atoms with van der Waals surface area (Å²) in [6.07, 6.45) is 0.925. The highest BCUT2D eigenvalue weighted by molar-refractivity contribution is 7.17. The molecular weight excluding hydrogens is 346 g/mol. The number of fused-ring (bicyclic) bond motifs is 1. The molecule has 1 unspecified atom stereocenters. The molecule has 0 radical (unpaired) electrons. The summed E-state index contributed by atoms with van der Waals surface area (Å²) in [6.45, 7) is 9.35. The van der Waals surface area contributed by atoms with Crippen molar-refractivity contribution < 1.29 is 9.53 Å². The summed E-state index contributed by atoms with van der Waals surface area (Å²) in [5.74, 6) is 0.651. The van der Waals surface area contributed by atoms with Crippen LogP contribution in [-0.4, -0.2) is 56.4 Å². The summed E-state index contributed by atoms with van der Waals surface area (Å²) in [7, 11) is 0. The van der Waals surface area contributed by atoms with Crippen LogP contribution in [0, 0.1) is 5.92 Å². The first-order chi connectivity index (χ1) is 12.6. The first-order valence-electron chi connectivity index (χ1n) is 9.42. The van der Waals surface area contributed by atoms with Crippen LogP contribution in [0.1, 0.15) is 19.4 Å². The number of hydrogen-bond donors (Lipinski definition) is 2. The Hall–Kier alpha value is -1.63. The third-order valence-corrected chi connectivity index (χ3v) is 5.59. The second-order valence-corrected chi connectivity index (χ2v) is 8.20. The minimum Gasteiger partial charge on any atom is -0.374 e. The van der Waals surface area contributed by atoms with Gasteiger partial charge in [0.15, 0.2) is 0 Å². The van der Waals surface area contributed by atoms with Crippen molar-refractivity contribution in [3.05, 3.63) is 35.2 Å². The van der Waals surface area contributed by atoms with E-state index in [0.717, 1.165) is 32.7 Å². The molecule has 2 N–H and O–H groups in total. The summed E-state index contributed by atoms with van der Waals surface area (Å²) >= 11 is 1.76. The molecule has 1 aromatic carbocycles. The molecule has 1 fully saturated rings. The van der Waals surface area contributed by atoms with E-state index in [9.17, 15) is 4.79 Å². The summed E-state index contributed by atoms with van der Waals surface area (Å²) in [4.78, 5) is 14.5. The molecule has 0 aliphatic carbocycles. The molecule has 2 aromatic rings. The van der Waals surface area contributed by atoms with Crippen LogP contribution in [0.15, 0.2) is 29.6 Å². The van der Waals surface area contributed by atoms with Crippen molar-refractivity contribution in [2.45, 2.75) is 26.4 Å². The van der Waals surface area contributed by atoms with E-state index in [-0.39, 0.29) is 12.1 Å². The molecule has 2 amide bonds. The molecule has 1 aliphatic heterocycles. The third kappa shape index (κ3) is 5.43. The molecule has 0 bridgehead atoms.